The third-order valence-electron chi connectivity index (χ3n) is 3.98. The van der Waals surface area contributed by atoms with Crippen molar-refractivity contribution in [3.05, 3.63) is 52.5 Å². The van der Waals surface area contributed by atoms with Gasteiger partial charge in [0.2, 0.25) is 5.91 Å². The van der Waals surface area contributed by atoms with E-state index in [4.69, 9.17) is 32.7 Å². The Balaban J connectivity index is 1.53. The van der Waals surface area contributed by atoms with Crippen LogP contribution in [0, 0.1) is 0 Å². The van der Waals surface area contributed by atoms with Gasteiger partial charge in [-0.1, -0.05) is 35.3 Å². The van der Waals surface area contributed by atoms with Crippen LogP contribution in [0.2, 0.25) is 10.0 Å². The van der Waals surface area contributed by atoms with Crippen LogP contribution in [0.1, 0.15) is 12.8 Å². The molecule has 1 heterocycles. The maximum absolute atomic E-state index is 12.1. The fraction of sp³-hybridized carbons (Fsp3) is 0.316. The largest absolute Gasteiger partial charge is 0.489 e. The molecule has 26 heavy (non-hydrogen) atoms. The molecular weight excluding hydrogens is 375 g/mol. The Kier molecular flexibility index (Phi) is 6.61. The zero-order valence-corrected chi connectivity index (χ0v) is 15.6. The summed E-state index contributed by atoms with van der Waals surface area (Å²) in [6.07, 6.45) is 2.23. The maximum atomic E-state index is 12.1. The van der Waals surface area contributed by atoms with Gasteiger partial charge in [0.15, 0.2) is 0 Å². The predicted molar refractivity (Wildman–Crippen MR) is 104 cm³/mol. The standard InChI is InChI=1S/C19H20Cl2N2O3/c20-15-8-7-13(10-16(15)21)23-19(24)11-22-17-5-1-2-6-18(17)26-12-14-4-3-9-25-14/h1-2,5-8,10,14,22H,3-4,9,11-12H2,(H,23,24). The number of hydrogen-bond acceptors (Lipinski definition) is 4. The summed E-state index contributed by atoms with van der Waals surface area (Å²) in [5.74, 6) is 0.502. The van der Waals surface area contributed by atoms with Crippen molar-refractivity contribution in [2.24, 2.45) is 0 Å². The summed E-state index contributed by atoms with van der Waals surface area (Å²) in [5.41, 5.74) is 1.35. The summed E-state index contributed by atoms with van der Waals surface area (Å²) >= 11 is 11.8. The minimum atomic E-state index is -0.197. The van der Waals surface area contributed by atoms with Crippen molar-refractivity contribution in [3.8, 4) is 5.75 Å². The molecule has 138 valence electrons. The molecule has 1 atom stereocenters. The van der Waals surface area contributed by atoms with Crippen LogP contribution >= 0.6 is 23.2 Å². The number of halogens is 2. The molecule has 0 saturated carbocycles. The highest BCUT2D eigenvalue weighted by Crippen LogP contribution is 2.26. The molecule has 1 amide bonds. The number of rotatable bonds is 7. The molecule has 1 fully saturated rings. The van der Waals surface area contributed by atoms with Crippen LogP contribution in [0.3, 0.4) is 0 Å². The molecule has 1 aliphatic heterocycles. The van der Waals surface area contributed by atoms with Crippen LogP contribution in [-0.4, -0.2) is 31.8 Å². The molecule has 2 aromatic carbocycles. The Bertz CT molecular complexity index is 764. The Morgan fingerprint density at radius 3 is 2.81 bits per heavy atom. The second-order valence-electron chi connectivity index (χ2n) is 5.97. The van der Waals surface area contributed by atoms with Gasteiger partial charge in [0.25, 0.3) is 0 Å². The van der Waals surface area contributed by atoms with Crippen molar-refractivity contribution in [2.75, 3.05) is 30.4 Å². The van der Waals surface area contributed by atoms with Crippen LogP contribution in [0.4, 0.5) is 11.4 Å². The number of amides is 1. The molecule has 7 heteroatoms. The molecule has 1 saturated heterocycles. The lowest BCUT2D eigenvalue weighted by Gasteiger charge is -2.15. The summed E-state index contributed by atoms with van der Waals surface area (Å²) < 4.78 is 11.4. The molecule has 5 nitrogen and oxygen atoms in total. The monoisotopic (exact) mass is 394 g/mol. The van der Waals surface area contributed by atoms with Crippen LogP contribution < -0.4 is 15.4 Å². The van der Waals surface area contributed by atoms with Gasteiger partial charge in [-0.15, -0.1) is 0 Å². The highest BCUT2D eigenvalue weighted by Gasteiger charge is 2.16. The van der Waals surface area contributed by atoms with Gasteiger partial charge in [-0.25, -0.2) is 0 Å². The lowest BCUT2D eigenvalue weighted by atomic mass is 10.2. The van der Waals surface area contributed by atoms with Crippen LogP contribution in [0.15, 0.2) is 42.5 Å². The third-order valence-corrected chi connectivity index (χ3v) is 4.72. The van der Waals surface area contributed by atoms with E-state index >= 15 is 0 Å². The fourth-order valence-electron chi connectivity index (χ4n) is 2.65. The summed E-state index contributed by atoms with van der Waals surface area (Å²) in [4.78, 5) is 12.1. The number of ether oxygens (including phenoxy) is 2. The number of carbonyl (C=O) groups excluding carboxylic acids is 1. The zero-order chi connectivity index (χ0) is 18.4. The van der Waals surface area contributed by atoms with Crippen molar-refractivity contribution < 1.29 is 14.3 Å². The Morgan fingerprint density at radius 1 is 1.19 bits per heavy atom. The second-order valence-corrected chi connectivity index (χ2v) is 6.79. The average Bonchev–Trinajstić information content (AvgIpc) is 3.15. The van der Waals surface area contributed by atoms with E-state index in [1.54, 1.807) is 18.2 Å². The first-order chi connectivity index (χ1) is 12.6. The second kappa shape index (κ2) is 9.12. The zero-order valence-electron chi connectivity index (χ0n) is 14.1. The Labute approximate surface area is 162 Å². The molecule has 0 spiro atoms. The van der Waals surface area contributed by atoms with Gasteiger partial charge in [0.1, 0.15) is 12.4 Å². The topological polar surface area (TPSA) is 59.6 Å². The number of hydrogen-bond donors (Lipinski definition) is 2. The quantitative estimate of drug-likeness (QED) is 0.719. The summed E-state index contributed by atoms with van der Waals surface area (Å²) in [6, 6.07) is 12.5. The number of anilines is 2. The number of carbonyl (C=O) groups is 1. The normalized spacial score (nSPS) is 16.3. The molecule has 0 radical (unpaired) electrons. The Morgan fingerprint density at radius 2 is 2.04 bits per heavy atom. The average molecular weight is 395 g/mol. The van der Waals surface area contributed by atoms with Gasteiger partial charge in [-0.05, 0) is 43.2 Å². The van der Waals surface area contributed by atoms with Gasteiger partial charge >= 0.3 is 0 Å². The highest BCUT2D eigenvalue weighted by atomic mass is 35.5. The van der Waals surface area contributed by atoms with Crippen molar-refractivity contribution in [3.63, 3.8) is 0 Å². The van der Waals surface area contributed by atoms with Crippen molar-refractivity contribution in [1.82, 2.24) is 0 Å². The Hall–Kier alpha value is -1.95. The number of benzene rings is 2. The summed E-state index contributed by atoms with van der Waals surface area (Å²) in [7, 11) is 0. The first-order valence-electron chi connectivity index (χ1n) is 8.44. The van der Waals surface area contributed by atoms with Crippen molar-refractivity contribution in [1.29, 1.82) is 0 Å². The number of nitrogens with one attached hydrogen (secondary N) is 2. The molecule has 0 aliphatic carbocycles. The van der Waals surface area contributed by atoms with Gasteiger partial charge < -0.3 is 20.1 Å². The van der Waals surface area contributed by atoms with Crippen LogP contribution in [0.25, 0.3) is 0 Å². The van der Waals surface area contributed by atoms with Crippen LogP contribution in [-0.2, 0) is 9.53 Å². The fourth-order valence-corrected chi connectivity index (χ4v) is 2.95. The lowest BCUT2D eigenvalue weighted by Crippen LogP contribution is -2.22. The first-order valence-corrected chi connectivity index (χ1v) is 9.19. The molecule has 0 bridgehead atoms. The molecule has 2 N–H and O–H groups in total. The van der Waals surface area contributed by atoms with E-state index < -0.39 is 0 Å². The van der Waals surface area contributed by atoms with E-state index in [-0.39, 0.29) is 18.6 Å². The van der Waals surface area contributed by atoms with E-state index in [0.29, 0.717) is 28.1 Å². The molecule has 1 aliphatic rings. The van der Waals surface area contributed by atoms with Gasteiger partial charge in [0, 0.05) is 12.3 Å². The van der Waals surface area contributed by atoms with E-state index in [1.165, 1.54) is 0 Å². The van der Waals surface area contributed by atoms with Crippen molar-refractivity contribution in [2.45, 2.75) is 18.9 Å². The molecule has 2 aromatic rings. The van der Waals surface area contributed by atoms with Crippen LogP contribution in [0.5, 0.6) is 5.75 Å². The smallest absolute Gasteiger partial charge is 0.243 e. The third kappa shape index (κ3) is 5.27. The molecule has 1 unspecified atom stereocenters. The van der Waals surface area contributed by atoms with Gasteiger partial charge in [-0.2, -0.15) is 0 Å². The molecular formula is C19H20Cl2N2O3. The summed E-state index contributed by atoms with van der Waals surface area (Å²) in [6.45, 7) is 1.40. The lowest BCUT2D eigenvalue weighted by molar-refractivity contribution is -0.114. The SMILES string of the molecule is O=C(CNc1ccccc1OCC1CCCO1)Nc1ccc(Cl)c(Cl)c1. The minimum absolute atomic E-state index is 0.0978. The highest BCUT2D eigenvalue weighted by molar-refractivity contribution is 6.42. The number of para-hydroxylation sites is 2. The van der Waals surface area contributed by atoms with Crippen molar-refractivity contribution >= 4 is 40.5 Å². The molecule has 3 rings (SSSR count). The molecule has 0 aromatic heterocycles. The van der Waals surface area contributed by atoms with E-state index in [2.05, 4.69) is 10.6 Å². The van der Waals surface area contributed by atoms with Gasteiger partial charge in [0.05, 0.1) is 28.4 Å². The summed E-state index contributed by atoms with van der Waals surface area (Å²) in [5, 5.41) is 6.71. The van der Waals surface area contributed by atoms with E-state index in [1.807, 2.05) is 24.3 Å². The van der Waals surface area contributed by atoms with E-state index in [9.17, 15) is 4.79 Å². The first kappa shape index (κ1) is 18.8. The van der Waals surface area contributed by atoms with E-state index in [0.717, 1.165) is 25.1 Å². The minimum Gasteiger partial charge on any atom is -0.489 e. The predicted octanol–water partition coefficient (Wildman–Crippen LogP) is 4.60. The maximum Gasteiger partial charge on any atom is 0.243 e. The van der Waals surface area contributed by atoms with Gasteiger partial charge in [-0.3, -0.25) is 4.79 Å².